The average Bonchev–Trinajstić information content (AvgIpc) is 2.44. The summed E-state index contributed by atoms with van der Waals surface area (Å²) in [4.78, 5) is 18.2. The molecule has 0 radical (unpaired) electrons. The number of amides is 1. The van der Waals surface area contributed by atoms with Crippen LogP contribution in [0.25, 0.3) is 0 Å². The zero-order valence-corrected chi connectivity index (χ0v) is 13.7. The van der Waals surface area contributed by atoms with Crippen LogP contribution < -0.4 is 9.86 Å². The van der Waals surface area contributed by atoms with E-state index in [1.807, 2.05) is 0 Å². The van der Waals surface area contributed by atoms with Crippen molar-refractivity contribution in [3.8, 4) is 0 Å². The normalized spacial score (nSPS) is 19.5. The summed E-state index contributed by atoms with van der Waals surface area (Å²) in [5.74, 6) is -0.0914. The molecule has 0 saturated carbocycles. The molecule has 1 saturated heterocycles. The molecule has 9 heteroatoms. The van der Waals surface area contributed by atoms with Gasteiger partial charge in [-0.05, 0) is 46.8 Å². The maximum atomic E-state index is 12.4. The number of hydrogen-bond donors (Lipinski definition) is 2. The third kappa shape index (κ3) is 4.73. The monoisotopic (exact) mass is 376 g/mol. The predicted octanol–water partition coefficient (Wildman–Crippen LogP) is 0.489. The lowest BCUT2D eigenvalue weighted by atomic mass is 9.98. The summed E-state index contributed by atoms with van der Waals surface area (Å²) in [5, 5.41) is 4.92. The third-order valence-electron chi connectivity index (χ3n) is 3.34. The minimum atomic E-state index is -3.69. The van der Waals surface area contributed by atoms with Crippen LogP contribution in [-0.2, 0) is 10.2 Å². The average molecular weight is 377 g/mol. The van der Waals surface area contributed by atoms with E-state index >= 15 is 0 Å². The van der Waals surface area contributed by atoms with Gasteiger partial charge in [-0.2, -0.15) is 8.42 Å². The van der Waals surface area contributed by atoms with Crippen LogP contribution in [-0.4, -0.2) is 43.8 Å². The van der Waals surface area contributed by atoms with Gasteiger partial charge in [0.2, 0.25) is 0 Å². The molecule has 116 valence electrons. The topological polar surface area (TPSA) is 105 Å². The van der Waals surface area contributed by atoms with Crippen molar-refractivity contribution in [2.45, 2.75) is 12.8 Å². The smallest absolute Gasteiger partial charge is 0.274 e. The molecule has 0 aromatic carbocycles. The summed E-state index contributed by atoms with van der Waals surface area (Å²) >= 11 is 3.32. The highest BCUT2D eigenvalue weighted by molar-refractivity contribution is 9.10. The Bertz CT molecular complexity index is 623. The van der Waals surface area contributed by atoms with Crippen LogP contribution in [0.5, 0.6) is 0 Å². The summed E-state index contributed by atoms with van der Waals surface area (Å²) in [5.41, 5.74) is 0.373. The molecule has 0 spiro atoms. The molecule has 1 fully saturated rings. The predicted molar refractivity (Wildman–Crippen MR) is 81.7 cm³/mol. The van der Waals surface area contributed by atoms with Crippen LogP contribution in [0.2, 0.25) is 0 Å². The fraction of sp³-hybridized carbons (Fsp3) is 0.500. The van der Waals surface area contributed by atoms with Gasteiger partial charge >= 0.3 is 0 Å². The van der Waals surface area contributed by atoms with E-state index in [4.69, 9.17) is 5.14 Å². The van der Waals surface area contributed by atoms with Crippen molar-refractivity contribution in [2.75, 3.05) is 19.6 Å². The number of nitrogens with one attached hydrogen (secondary N) is 1. The summed E-state index contributed by atoms with van der Waals surface area (Å²) in [6.07, 6.45) is 3.25. The number of carbonyl (C=O) groups excluding carboxylic acids is 1. The first kappa shape index (κ1) is 16.3. The molecule has 1 aliphatic rings. The maximum absolute atomic E-state index is 12.4. The Hall–Kier alpha value is -1.03. The fourth-order valence-corrected chi connectivity index (χ4v) is 3.24. The Morgan fingerprint density at radius 1 is 1.57 bits per heavy atom. The lowest BCUT2D eigenvalue weighted by molar-refractivity contribution is 0.0669. The lowest BCUT2D eigenvalue weighted by Crippen LogP contribution is -2.45. The quantitative estimate of drug-likeness (QED) is 0.797. The fourth-order valence-electron chi connectivity index (χ4n) is 2.34. The number of nitrogens with zero attached hydrogens (tertiary/aromatic N) is 2. The van der Waals surface area contributed by atoms with Gasteiger partial charge in [0.05, 0.1) is 0 Å². The van der Waals surface area contributed by atoms with Crippen LogP contribution in [0.15, 0.2) is 22.8 Å². The van der Waals surface area contributed by atoms with E-state index in [9.17, 15) is 13.2 Å². The van der Waals surface area contributed by atoms with Crippen molar-refractivity contribution in [1.29, 1.82) is 0 Å². The number of carbonyl (C=O) groups is 1. The van der Waals surface area contributed by atoms with Crippen molar-refractivity contribution >= 4 is 32.0 Å². The van der Waals surface area contributed by atoms with E-state index in [1.165, 1.54) is 0 Å². The lowest BCUT2D eigenvalue weighted by Gasteiger charge is -2.32. The van der Waals surface area contributed by atoms with Gasteiger partial charge in [0.15, 0.2) is 0 Å². The summed E-state index contributed by atoms with van der Waals surface area (Å²) in [7, 11) is -3.69. The molecule has 1 aliphatic heterocycles. The number of hydrogen-bond acceptors (Lipinski definition) is 4. The number of likely N-dealkylation sites (tertiary alicyclic amines) is 1. The summed E-state index contributed by atoms with van der Waals surface area (Å²) in [6.45, 7) is 1.38. The number of halogens is 1. The molecule has 1 aromatic rings. The van der Waals surface area contributed by atoms with E-state index in [-0.39, 0.29) is 18.4 Å². The SMILES string of the molecule is NS(=O)(=O)NCC1CCCN(C(=O)c2ncccc2Br)C1. The van der Waals surface area contributed by atoms with Crippen LogP contribution in [0.4, 0.5) is 0 Å². The van der Waals surface area contributed by atoms with E-state index in [0.717, 1.165) is 12.8 Å². The van der Waals surface area contributed by atoms with Crippen LogP contribution in [0, 0.1) is 5.92 Å². The molecule has 1 amide bonds. The molecule has 7 nitrogen and oxygen atoms in total. The molecule has 0 bridgehead atoms. The van der Waals surface area contributed by atoms with Gasteiger partial charge in [0.25, 0.3) is 16.1 Å². The Labute approximate surface area is 132 Å². The number of nitrogens with two attached hydrogens (primary N) is 1. The number of pyridine rings is 1. The highest BCUT2D eigenvalue weighted by atomic mass is 79.9. The molecular weight excluding hydrogens is 360 g/mol. The number of rotatable bonds is 4. The Kier molecular flexibility index (Phi) is 5.31. The van der Waals surface area contributed by atoms with Crippen LogP contribution in [0.1, 0.15) is 23.3 Å². The van der Waals surface area contributed by atoms with E-state index in [0.29, 0.717) is 23.3 Å². The standard InChI is InChI=1S/C12H17BrN4O3S/c13-10-4-1-5-15-11(10)12(18)17-6-2-3-9(8-17)7-16-21(14,19)20/h1,4-5,9,16H,2-3,6-8H2,(H2,14,19,20). The number of piperidine rings is 1. The molecule has 0 aliphatic carbocycles. The van der Waals surface area contributed by atoms with Crippen molar-refractivity contribution in [3.63, 3.8) is 0 Å². The van der Waals surface area contributed by atoms with Gasteiger partial charge in [0.1, 0.15) is 5.69 Å². The second-order valence-electron chi connectivity index (χ2n) is 4.99. The molecule has 2 heterocycles. The first-order chi connectivity index (χ1) is 9.87. The van der Waals surface area contributed by atoms with Crippen molar-refractivity contribution in [3.05, 3.63) is 28.5 Å². The first-order valence-corrected chi connectivity index (χ1v) is 8.88. The first-order valence-electron chi connectivity index (χ1n) is 6.54. The molecule has 1 aromatic heterocycles. The zero-order valence-electron chi connectivity index (χ0n) is 11.3. The highest BCUT2D eigenvalue weighted by Crippen LogP contribution is 2.21. The Balaban J connectivity index is 2.01. The van der Waals surface area contributed by atoms with Gasteiger partial charge in [-0.25, -0.2) is 14.8 Å². The van der Waals surface area contributed by atoms with Gasteiger partial charge in [-0.15, -0.1) is 0 Å². The third-order valence-corrected chi connectivity index (χ3v) is 4.55. The van der Waals surface area contributed by atoms with Crippen molar-refractivity contribution in [1.82, 2.24) is 14.6 Å². The molecule has 1 unspecified atom stereocenters. The summed E-state index contributed by atoms with van der Waals surface area (Å²) in [6, 6.07) is 3.51. The van der Waals surface area contributed by atoms with Crippen molar-refractivity contribution in [2.24, 2.45) is 11.1 Å². The number of aromatic nitrogens is 1. The van der Waals surface area contributed by atoms with Gasteiger partial charge < -0.3 is 4.90 Å². The highest BCUT2D eigenvalue weighted by Gasteiger charge is 2.26. The minimum absolute atomic E-state index is 0.0588. The molecule has 3 N–H and O–H groups in total. The van der Waals surface area contributed by atoms with Crippen LogP contribution in [0.3, 0.4) is 0 Å². The largest absolute Gasteiger partial charge is 0.337 e. The Morgan fingerprint density at radius 2 is 2.33 bits per heavy atom. The zero-order chi connectivity index (χ0) is 15.5. The second-order valence-corrected chi connectivity index (χ2v) is 7.22. The van der Waals surface area contributed by atoms with Gasteiger partial charge in [0, 0.05) is 30.3 Å². The maximum Gasteiger partial charge on any atom is 0.274 e. The molecular formula is C12H17BrN4O3S. The minimum Gasteiger partial charge on any atom is -0.337 e. The molecule has 21 heavy (non-hydrogen) atoms. The van der Waals surface area contributed by atoms with Crippen molar-refractivity contribution < 1.29 is 13.2 Å². The van der Waals surface area contributed by atoms with E-state index in [1.54, 1.807) is 23.2 Å². The molecule has 2 rings (SSSR count). The van der Waals surface area contributed by atoms with Gasteiger partial charge in [-0.3, -0.25) is 4.79 Å². The molecule has 1 atom stereocenters. The Morgan fingerprint density at radius 3 is 3.00 bits per heavy atom. The van der Waals surface area contributed by atoms with E-state index < -0.39 is 10.2 Å². The summed E-state index contributed by atoms with van der Waals surface area (Å²) < 4.78 is 24.8. The second kappa shape index (κ2) is 6.82. The van der Waals surface area contributed by atoms with Crippen LogP contribution >= 0.6 is 15.9 Å². The van der Waals surface area contributed by atoms with E-state index in [2.05, 4.69) is 25.6 Å². The van der Waals surface area contributed by atoms with Gasteiger partial charge in [-0.1, -0.05) is 0 Å².